The maximum absolute atomic E-state index is 5.58. The van der Waals surface area contributed by atoms with Crippen LogP contribution in [0.3, 0.4) is 0 Å². The van der Waals surface area contributed by atoms with Gasteiger partial charge in [0.2, 0.25) is 0 Å². The van der Waals surface area contributed by atoms with Gasteiger partial charge in [-0.2, -0.15) is 5.10 Å². The number of methoxy groups -OCH3 is 1. The van der Waals surface area contributed by atoms with Gasteiger partial charge in [-0.1, -0.05) is 31.0 Å². The van der Waals surface area contributed by atoms with Crippen molar-refractivity contribution in [1.82, 2.24) is 15.1 Å². The van der Waals surface area contributed by atoms with Crippen LogP contribution in [0.15, 0.2) is 36.7 Å². The highest BCUT2D eigenvalue weighted by atomic mass is 16.5. The van der Waals surface area contributed by atoms with Crippen molar-refractivity contribution in [1.29, 1.82) is 0 Å². The molecule has 4 nitrogen and oxygen atoms in total. The van der Waals surface area contributed by atoms with Crippen molar-refractivity contribution in [3.8, 4) is 5.75 Å². The van der Waals surface area contributed by atoms with Gasteiger partial charge in [-0.3, -0.25) is 4.68 Å². The molecule has 1 fully saturated rings. The molecule has 21 heavy (non-hydrogen) atoms. The lowest BCUT2D eigenvalue weighted by atomic mass is 9.87. The second-order valence-electron chi connectivity index (χ2n) is 5.87. The Kier molecular flexibility index (Phi) is 3.97. The molecule has 2 aromatic rings. The fourth-order valence-electron chi connectivity index (χ4n) is 3.39. The molecular formula is C17H23N3O. The maximum atomic E-state index is 5.58. The van der Waals surface area contributed by atoms with Crippen molar-refractivity contribution < 1.29 is 4.74 Å². The summed E-state index contributed by atoms with van der Waals surface area (Å²) in [6.45, 7) is 0.839. The molecule has 0 amide bonds. The van der Waals surface area contributed by atoms with Crippen molar-refractivity contribution in [2.24, 2.45) is 7.05 Å². The van der Waals surface area contributed by atoms with Crippen LogP contribution in [-0.2, 0) is 19.1 Å². The first-order valence-corrected chi connectivity index (χ1v) is 7.59. The molecule has 1 aliphatic carbocycles. The summed E-state index contributed by atoms with van der Waals surface area (Å²) in [7, 11) is 3.71. The van der Waals surface area contributed by atoms with Gasteiger partial charge in [-0.15, -0.1) is 0 Å². The average molecular weight is 285 g/mol. The average Bonchev–Trinajstić information content (AvgIpc) is 3.15. The van der Waals surface area contributed by atoms with E-state index in [1.165, 1.54) is 24.0 Å². The molecule has 0 radical (unpaired) electrons. The SMILES string of the molecule is COc1ccccc1C1(NCc2cnn(C)c2)CCCC1. The summed E-state index contributed by atoms with van der Waals surface area (Å²) in [6.07, 6.45) is 8.84. The van der Waals surface area contributed by atoms with Crippen LogP contribution >= 0.6 is 0 Å². The molecule has 0 saturated heterocycles. The number of nitrogens with one attached hydrogen (secondary N) is 1. The number of benzene rings is 1. The summed E-state index contributed by atoms with van der Waals surface area (Å²) in [5.41, 5.74) is 2.54. The Morgan fingerprint density at radius 3 is 2.71 bits per heavy atom. The van der Waals surface area contributed by atoms with Gasteiger partial charge in [0.15, 0.2) is 0 Å². The van der Waals surface area contributed by atoms with Crippen LogP contribution in [0.4, 0.5) is 0 Å². The van der Waals surface area contributed by atoms with Crippen LogP contribution in [0.2, 0.25) is 0 Å². The van der Waals surface area contributed by atoms with Gasteiger partial charge in [0, 0.05) is 36.5 Å². The van der Waals surface area contributed by atoms with E-state index in [0.29, 0.717) is 0 Å². The zero-order valence-electron chi connectivity index (χ0n) is 12.8. The number of aryl methyl sites for hydroxylation is 1. The third-order valence-corrected chi connectivity index (χ3v) is 4.47. The van der Waals surface area contributed by atoms with E-state index in [1.54, 1.807) is 7.11 Å². The number of rotatable bonds is 5. The number of hydrogen-bond donors (Lipinski definition) is 1. The number of aromatic nitrogens is 2. The zero-order chi connectivity index (χ0) is 14.7. The Morgan fingerprint density at radius 1 is 1.29 bits per heavy atom. The van der Waals surface area contributed by atoms with Crippen LogP contribution in [0, 0.1) is 0 Å². The number of nitrogens with zero attached hydrogens (tertiary/aromatic N) is 2. The van der Waals surface area contributed by atoms with E-state index < -0.39 is 0 Å². The summed E-state index contributed by atoms with van der Waals surface area (Å²) >= 11 is 0. The fraction of sp³-hybridized carbons (Fsp3) is 0.471. The standard InChI is InChI=1S/C17H23N3O/c1-20-13-14(12-19-20)11-18-17(9-5-6-10-17)15-7-3-4-8-16(15)21-2/h3-4,7-8,12-13,18H,5-6,9-11H2,1-2H3. The molecule has 0 bridgehead atoms. The summed E-state index contributed by atoms with van der Waals surface area (Å²) in [5.74, 6) is 0.984. The van der Waals surface area contributed by atoms with E-state index in [-0.39, 0.29) is 5.54 Å². The van der Waals surface area contributed by atoms with Gasteiger partial charge in [-0.25, -0.2) is 0 Å². The first-order chi connectivity index (χ1) is 10.2. The third-order valence-electron chi connectivity index (χ3n) is 4.47. The van der Waals surface area contributed by atoms with E-state index >= 15 is 0 Å². The second-order valence-corrected chi connectivity index (χ2v) is 5.87. The Morgan fingerprint density at radius 2 is 2.05 bits per heavy atom. The van der Waals surface area contributed by atoms with E-state index in [1.807, 2.05) is 24.0 Å². The zero-order valence-corrected chi connectivity index (χ0v) is 12.8. The molecule has 0 unspecified atom stereocenters. The summed E-state index contributed by atoms with van der Waals surface area (Å²) in [6, 6.07) is 8.39. The number of para-hydroxylation sites is 1. The molecule has 1 aromatic carbocycles. The lowest BCUT2D eigenvalue weighted by molar-refractivity contribution is 0.316. The topological polar surface area (TPSA) is 39.1 Å². The Balaban J connectivity index is 1.85. The van der Waals surface area contributed by atoms with Crippen LogP contribution in [0.25, 0.3) is 0 Å². The fourth-order valence-corrected chi connectivity index (χ4v) is 3.39. The van der Waals surface area contributed by atoms with Crippen LogP contribution in [-0.4, -0.2) is 16.9 Å². The lowest BCUT2D eigenvalue weighted by Gasteiger charge is -2.32. The minimum absolute atomic E-state index is 0.0302. The summed E-state index contributed by atoms with van der Waals surface area (Å²) < 4.78 is 7.43. The van der Waals surface area contributed by atoms with Crippen molar-refractivity contribution >= 4 is 0 Å². The first-order valence-electron chi connectivity index (χ1n) is 7.59. The minimum Gasteiger partial charge on any atom is -0.496 e. The van der Waals surface area contributed by atoms with Gasteiger partial charge in [0.05, 0.1) is 13.3 Å². The van der Waals surface area contributed by atoms with Crippen molar-refractivity contribution in [2.45, 2.75) is 37.8 Å². The quantitative estimate of drug-likeness (QED) is 0.918. The monoisotopic (exact) mass is 285 g/mol. The highest BCUT2D eigenvalue weighted by Crippen LogP contribution is 2.42. The molecule has 1 N–H and O–H groups in total. The molecular weight excluding hydrogens is 262 g/mol. The van der Waals surface area contributed by atoms with Gasteiger partial charge < -0.3 is 10.1 Å². The second kappa shape index (κ2) is 5.90. The van der Waals surface area contributed by atoms with Crippen molar-refractivity contribution in [3.05, 3.63) is 47.8 Å². The van der Waals surface area contributed by atoms with E-state index in [0.717, 1.165) is 25.1 Å². The van der Waals surface area contributed by atoms with Gasteiger partial charge >= 0.3 is 0 Å². The molecule has 0 aliphatic heterocycles. The number of ether oxygens (including phenoxy) is 1. The molecule has 0 atom stereocenters. The van der Waals surface area contributed by atoms with Crippen LogP contribution in [0.5, 0.6) is 5.75 Å². The number of hydrogen-bond acceptors (Lipinski definition) is 3. The Bertz CT molecular complexity index is 600. The maximum Gasteiger partial charge on any atom is 0.123 e. The predicted octanol–water partition coefficient (Wildman–Crippen LogP) is 2.99. The smallest absolute Gasteiger partial charge is 0.123 e. The van der Waals surface area contributed by atoms with Gasteiger partial charge in [0.1, 0.15) is 5.75 Å². The van der Waals surface area contributed by atoms with E-state index in [2.05, 4.69) is 34.8 Å². The molecule has 1 aliphatic rings. The summed E-state index contributed by atoms with van der Waals surface area (Å²) in [4.78, 5) is 0. The molecule has 4 heteroatoms. The minimum atomic E-state index is 0.0302. The van der Waals surface area contributed by atoms with E-state index in [4.69, 9.17) is 4.74 Å². The lowest BCUT2D eigenvalue weighted by Crippen LogP contribution is -2.39. The molecule has 3 rings (SSSR count). The Labute approximate surface area is 126 Å². The molecule has 1 aromatic heterocycles. The molecule has 1 heterocycles. The van der Waals surface area contributed by atoms with Crippen molar-refractivity contribution in [2.75, 3.05) is 7.11 Å². The molecule has 0 spiro atoms. The van der Waals surface area contributed by atoms with Gasteiger partial charge in [-0.05, 0) is 18.9 Å². The van der Waals surface area contributed by atoms with Crippen molar-refractivity contribution in [3.63, 3.8) is 0 Å². The summed E-state index contributed by atoms with van der Waals surface area (Å²) in [5, 5.41) is 8.03. The largest absolute Gasteiger partial charge is 0.496 e. The van der Waals surface area contributed by atoms with Gasteiger partial charge in [0.25, 0.3) is 0 Å². The molecule has 1 saturated carbocycles. The molecule has 112 valence electrons. The normalized spacial score (nSPS) is 17.0. The Hall–Kier alpha value is -1.81. The third kappa shape index (κ3) is 2.81. The highest BCUT2D eigenvalue weighted by molar-refractivity contribution is 5.40. The van der Waals surface area contributed by atoms with Crippen LogP contribution < -0.4 is 10.1 Å². The van der Waals surface area contributed by atoms with E-state index in [9.17, 15) is 0 Å². The van der Waals surface area contributed by atoms with Crippen LogP contribution in [0.1, 0.15) is 36.8 Å². The predicted molar refractivity (Wildman–Crippen MR) is 83.2 cm³/mol. The first kappa shape index (κ1) is 14.1. The highest BCUT2D eigenvalue weighted by Gasteiger charge is 2.37.